The van der Waals surface area contributed by atoms with E-state index in [1.807, 2.05) is 30.3 Å². The van der Waals surface area contributed by atoms with Crippen molar-refractivity contribution in [2.75, 3.05) is 11.2 Å². The second-order valence-electron chi connectivity index (χ2n) is 4.34. The Labute approximate surface area is 121 Å². The smallest absolute Gasteiger partial charge is 0.287 e. The Balaban J connectivity index is 2.01. The molecule has 1 atom stereocenters. The number of hydrogen-bond donors (Lipinski definition) is 1. The Kier molecular flexibility index (Phi) is 4.90. The van der Waals surface area contributed by atoms with Crippen molar-refractivity contribution in [3.63, 3.8) is 0 Å². The molecule has 2 aromatic rings. The number of nitrogens with zero attached hydrogens (tertiary/aromatic N) is 2. The van der Waals surface area contributed by atoms with Gasteiger partial charge in [0.05, 0.1) is 4.92 Å². The zero-order chi connectivity index (χ0) is 14.4. The second kappa shape index (κ2) is 6.86. The number of nitro groups is 1. The van der Waals surface area contributed by atoms with Crippen molar-refractivity contribution in [1.82, 2.24) is 4.98 Å². The minimum atomic E-state index is -0.472. The Morgan fingerprint density at radius 3 is 2.55 bits per heavy atom. The Hall–Kier alpha value is -2.14. The maximum absolute atomic E-state index is 10.6. The lowest BCUT2D eigenvalue weighted by Gasteiger charge is -2.16. The molecular weight excluding hydrogens is 278 g/mol. The van der Waals surface area contributed by atoms with Crippen LogP contribution in [0.2, 0.25) is 0 Å². The van der Waals surface area contributed by atoms with Crippen molar-refractivity contribution in [3.8, 4) is 0 Å². The van der Waals surface area contributed by atoms with Gasteiger partial charge in [-0.2, -0.15) is 0 Å². The van der Waals surface area contributed by atoms with Crippen LogP contribution < -0.4 is 5.32 Å². The molecule has 1 aromatic carbocycles. The van der Waals surface area contributed by atoms with Crippen LogP contribution in [-0.2, 0) is 6.42 Å². The zero-order valence-corrected chi connectivity index (χ0v) is 11.5. The monoisotopic (exact) mass is 291 g/mol. The third kappa shape index (κ3) is 3.93. The van der Waals surface area contributed by atoms with Crippen molar-refractivity contribution < 1.29 is 4.92 Å². The summed E-state index contributed by atoms with van der Waals surface area (Å²) < 4.78 is 0. The van der Waals surface area contributed by atoms with Crippen LogP contribution in [0.1, 0.15) is 5.56 Å². The van der Waals surface area contributed by atoms with Gasteiger partial charge in [-0.15, -0.1) is 11.6 Å². The van der Waals surface area contributed by atoms with E-state index in [4.69, 9.17) is 11.6 Å². The fraction of sp³-hybridized carbons (Fsp3) is 0.214. The van der Waals surface area contributed by atoms with E-state index < -0.39 is 4.92 Å². The number of rotatable bonds is 6. The van der Waals surface area contributed by atoms with Crippen molar-refractivity contribution >= 4 is 23.1 Å². The van der Waals surface area contributed by atoms with Crippen LogP contribution in [0.25, 0.3) is 0 Å². The summed E-state index contributed by atoms with van der Waals surface area (Å²) in [5.41, 5.74) is 1.15. The minimum Gasteiger partial charge on any atom is -0.366 e. The maximum Gasteiger partial charge on any atom is 0.287 e. The average Bonchev–Trinajstić information content (AvgIpc) is 2.48. The molecule has 0 saturated carbocycles. The third-order valence-electron chi connectivity index (χ3n) is 2.82. The summed E-state index contributed by atoms with van der Waals surface area (Å²) >= 11 is 5.95. The molecule has 1 N–H and O–H groups in total. The van der Waals surface area contributed by atoms with Gasteiger partial charge in [0.1, 0.15) is 12.0 Å². The van der Waals surface area contributed by atoms with Crippen molar-refractivity contribution in [2.24, 2.45) is 0 Å². The molecule has 0 amide bonds. The largest absolute Gasteiger partial charge is 0.366 e. The van der Waals surface area contributed by atoms with Crippen LogP contribution in [0, 0.1) is 10.1 Å². The van der Waals surface area contributed by atoms with E-state index in [9.17, 15) is 10.1 Å². The number of pyridine rings is 1. The first-order chi connectivity index (χ1) is 9.69. The van der Waals surface area contributed by atoms with Crippen LogP contribution in [-0.4, -0.2) is 21.8 Å². The van der Waals surface area contributed by atoms with Crippen LogP contribution in [0.3, 0.4) is 0 Å². The first kappa shape index (κ1) is 14.3. The van der Waals surface area contributed by atoms with Gasteiger partial charge in [0, 0.05) is 18.0 Å². The third-order valence-corrected chi connectivity index (χ3v) is 3.19. The number of aromatic nitrogens is 1. The molecule has 0 saturated heterocycles. The minimum absolute atomic E-state index is 0.0213. The first-order valence-corrected chi connectivity index (χ1v) is 6.69. The molecule has 1 aromatic heterocycles. The molecule has 0 aliphatic carbocycles. The van der Waals surface area contributed by atoms with Crippen molar-refractivity contribution in [2.45, 2.75) is 12.5 Å². The highest BCUT2D eigenvalue weighted by Crippen LogP contribution is 2.14. The van der Waals surface area contributed by atoms with Gasteiger partial charge in [0.2, 0.25) is 0 Å². The lowest BCUT2D eigenvalue weighted by atomic mass is 10.1. The number of benzene rings is 1. The number of halogens is 1. The van der Waals surface area contributed by atoms with E-state index >= 15 is 0 Å². The summed E-state index contributed by atoms with van der Waals surface area (Å²) in [5, 5.41) is 13.7. The quantitative estimate of drug-likeness (QED) is 0.504. The Morgan fingerprint density at radius 1 is 1.25 bits per heavy atom. The highest BCUT2D eigenvalue weighted by molar-refractivity contribution is 6.18. The molecule has 5 nitrogen and oxygen atoms in total. The van der Waals surface area contributed by atoms with E-state index in [2.05, 4.69) is 10.3 Å². The summed E-state index contributed by atoms with van der Waals surface area (Å²) in [5.74, 6) is 1.00. The molecule has 1 unspecified atom stereocenters. The predicted molar refractivity (Wildman–Crippen MR) is 79.2 cm³/mol. The van der Waals surface area contributed by atoms with Gasteiger partial charge in [0.25, 0.3) is 5.69 Å². The van der Waals surface area contributed by atoms with Gasteiger partial charge in [-0.05, 0) is 18.1 Å². The molecular formula is C14H14ClN3O2. The van der Waals surface area contributed by atoms with Gasteiger partial charge < -0.3 is 5.32 Å². The van der Waals surface area contributed by atoms with Gasteiger partial charge in [-0.25, -0.2) is 4.98 Å². The highest BCUT2D eigenvalue weighted by Gasteiger charge is 2.10. The zero-order valence-electron chi connectivity index (χ0n) is 10.7. The molecule has 2 rings (SSSR count). The summed E-state index contributed by atoms with van der Waals surface area (Å²) in [6.45, 7) is 0. The van der Waals surface area contributed by atoms with E-state index in [0.717, 1.165) is 6.42 Å². The van der Waals surface area contributed by atoms with Crippen LogP contribution in [0.5, 0.6) is 0 Å². The molecule has 20 heavy (non-hydrogen) atoms. The average molecular weight is 292 g/mol. The summed E-state index contributed by atoms with van der Waals surface area (Å²) in [6, 6.07) is 13.0. The molecule has 0 aliphatic heterocycles. The maximum atomic E-state index is 10.6. The molecule has 0 radical (unpaired) electrons. The molecule has 0 bridgehead atoms. The van der Waals surface area contributed by atoms with Gasteiger partial charge in [-0.1, -0.05) is 30.3 Å². The van der Waals surface area contributed by atoms with E-state index in [1.54, 1.807) is 6.07 Å². The predicted octanol–water partition coefficient (Wildman–Crippen LogP) is 3.25. The molecule has 1 heterocycles. The molecule has 104 valence electrons. The van der Waals surface area contributed by atoms with E-state index in [0.29, 0.717) is 11.7 Å². The van der Waals surface area contributed by atoms with E-state index in [-0.39, 0.29) is 11.7 Å². The highest BCUT2D eigenvalue weighted by atomic mass is 35.5. The number of anilines is 1. The molecule has 0 fully saturated rings. The normalized spacial score (nSPS) is 11.8. The Bertz CT molecular complexity index is 560. The lowest BCUT2D eigenvalue weighted by molar-refractivity contribution is -0.385. The van der Waals surface area contributed by atoms with Crippen LogP contribution in [0.15, 0.2) is 48.7 Å². The van der Waals surface area contributed by atoms with Gasteiger partial charge >= 0.3 is 0 Å². The van der Waals surface area contributed by atoms with Crippen molar-refractivity contribution in [3.05, 3.63) is 64.3 Å². The fourth-order valence-electron chi connectivity index (χ4n) is 1.83. The second-order valence-corrected chi connectivity index (χ2v) is 4.65. The summed E-state index contributed by atoms with van der Waals surface area (Å²) in [6.07, 6.45) is 2.00. The standard InChI is InChI=1S/C14H14ClN3O2/c15-9-12(8-11-4-2-1-3-5-11)17-14-7-6-13(10-16-14)18(19)20/h1-7,10,12H,8-9H2,(H,16,17). The van der Waals surface area contributed by atoms with Crippen LogP contribution in [0.4, 0.5) is 11.5 Å². The van der Waals surface area contributed by atoms with Crippen molar-refractivity contribution in [1.29, 1.82) is 0 Å². The SMILES string of the molecule is O=[N+]([O-])c1ccc(NC(CCl)Cc2ccccc2)nc1. The number of nitrogens with one attached hydrogen (secondary N) is 1. The molecule has 0 spiro atoms. The summed E-state index contributed by atoms with van der Waals surface area (Å²) in [7, 11) is 0. The first-order valence-electron chi connectivity index (χ1n) is 6.16. The lowest BCUT2D eigenvalue weighted by Crippen LogP contribution is -2.24. The fourth-order valence-corrected chi connectivity index (χ4v) is 2.02. The number of alkyl halides is 1. The molecule has 0 aliphatic rings. The van der Waals surface area contributed by atoms with Crippen LogP contribution >= 0.6 is 11.6 Å². The Morgan fingerprint density at radius 2 is 2.00 bits per heavy atom. The van der Waals surface area contributed by atoms with Gasteiger partial charge in [-0.3, -0.25) is 10.1 Å². The van der Waals surface area contributed by atoms with E-state index in [1.165, 1.54) is 17.8 Å². The topological polar surface area (TPSA) is 68.1 Å². The van der Waals surface area contributed by atoms with Gasteiger partial charge in [0.15, 0.2) is 0 Å². The summed E-state index contributed by atoms with van der Waals surface area (Å²) in [4.78, 5) is 14.1. The molecule has 6 heteroatoms. The number of hydrogen-bond acceptors (Lipinski definition) is 4.